The summed E-state index contributed by atoms with van der Waals surface area (Å²) in [5, 5.41) is 3.88. The van der Waals surface area contributed by atoms with Gasteiger partial charge in [-0.25, -0.2) is 0 Å². The SMILES string of the molecule is CCCCCCCCCCNC12CCCC(N)(CC1)C2. The van der Waals surface area contributed by atoms with Gasteiger partial charge in [0.1, 0.15) is 0 Å². The van der Waals surface area contributed by atoms with E-state index in [1.165, 1.54) is 96.4 Å². The number of hydrogen-bond donors (Lipinski definition) is 2. The van der Waals surface area contributed by atoms with Gasteiger partial charge in [-0.15, -0.1) is 0 Å². The van der Waals surface area contributed by atoms with Crippen LogP contribution in [-0.4, -0.2) is 17.6 Å². The van der Waals surface area contributed by atoms with E-state index in [2.05, 4.69) is 12.2 Å². The van der Waals surface area contributed by atoms with Crippen molar-refractivity contribution in [3.8, 4) is 0 Å². The third-order valence-electron chi connectivity index (χ3n) is 5.65. The Morgan fingerprint density at radius 1 is 0.850 bits per heavy atom. The van der Waals surface area contributed by atoms with Crippen molar-refractivity contribution >= 4 is 0 Å². The molecule has 2 unspecified atom stereocenters. The maximum absolute atomic E-state index is 6.46. The van der Waals surface area contributed by atoms with Crippen molar-refractivity contribution in [3.05, 3.63) is 0 Å². The van der Waals surface area contributed by atoms with Crippen molar-refractivity contribution in [2.45, 2.75) is 108 Å². The van der Waals surface area contributed by atoms with Gasteiger partial charge in [0.15, 0.2) is 0 Å². The maximum Gasteiger partial charge on any atom is 0.0199 e. The van der Waals surface area contributed by atoms with Crippen LogP contribution in [0.1, 0.15) is 96.8 Å². The van der Waals surface area contributed by atoms with Crippen LogP contribution in [0.2, 0.25) is 0 Å². The Kier molecular flexibility index (Phi) is 6.35. The monoisotopic (exact) mass is 280 g/mol. The van der Waals surface area contributed by atoms with Crippen LogP contribution in [0, 0.1) is 0 Å². The molecule has 0 aliphatic heterocycles. The highest BCUT2D eigenvalue weighted by Gasteiger charge is 2.48. The van der Waals surface area contributed by atoms with Gasteiger partial charge in [-0.2, -0.15) is 0 Å². The van der Waals surface area contributed by atoms with Gasteiger partial charge in [-0.05, 0) is 51.5 Å². The van der Waals surface area contributed by atoms with E-state index in [1.807, 2.05) is 0 Å². The highest BCUT2D eigenvalue weighted by atomic mass is 15.0. The lowest BCUT2D eigenvalue weighted by atomic mass is 9.79. The van der Waals surface area contributed by atoms with E-state index in [-0.39, 0.29) is 5.54 Å². The summed E-state index contributed by atoms with van der Waals surface area (Å²) in [6.45, 7) is 3.50. The van der Waals surface area contributed by atoms with Gasteiger partial charge < -0.3 is 11.1 Å². The van der Waals surface area contributed by atoms with Crippen LogP contribution in [0.3, 0.4) is 0 Å². The van der Waals surface area contributed by atoms with E-state index >= 15 is 0 Å². The van der Waals surface area contributed by atoms with Crippen molar-refractivity contribution in [2.75, 3.05) is 6.54 Å². The number of hydrogen-bond acceptors (Lipinski definition) is 2. The predicted molar refractivity (Wildman–Crippen MR) is 88.0 cm³/mol. The summed E-state index contributed by atoms with van der Waals surface area (Å²) in [5.41, 5.74) is 7.06. The molecule has 0 aromatic heterocycles. The van der Waals surface area contributed by atoms with Crippen LogP contribution in [0.15, 0.2) is 0 Å². The molecule has 2 aliphatic rings. The number of fused-ring (bicyclic) bond motifs is 2. The Morgan fingerprint density at radius 3 is 2.30 bits per heavy atom. The molecule has 2 rings (SSSR count). The molecule has 0 saturated heterocycles. The minimum Gasteiger partial charge on any atom is -0.325 e. The minimum atomic E-state index is 0.185. The van der Waals surface area contributed by atoms with Crippen molar-refractivity contribution in [1.29, 1.82) is 0 Å². The minimum absolute atomic E-state index is 0.185. The van der Waals surface area contributed by atoms with Crippen molar-refractivity contribution in [2.24, 2.45) is 5.73 Å². The van der Waals surface area contributed by atoms with E-state index in [0.29, 0.717) is 5.54 Å². The summed E-state index contributed by atoms with van der Waals surface area (Å²) in [7, 11) is 0. The van der Waals surface area contributed by atoms with Crippen LogP contribution in [0.25, 0.3) is 0 Å². The molecule has 0 aromatic carbocycles. The van der Waals surface area contributed by atoms with Crippen LogP contribution < -0.4 is 11.1 Å². The van der Waals surface area contributed by atoms with Crippen LogP contribution in [0.5, 0.6) is 0 Å². The number of rotatable bonds is 10. The third kappa shape index (κ3) is 4.73. The molecule has 2 atom stereocenters. The Labute approximate surface area is 126 Å². The Bertz CT molecular complexity index is 279. The zero-order chi connectivity index (χ0) is 14.3. The first-order chi connectivity index (χ1) is 9.68. The summed E-state index contributed by atoms with van der Waals surface area (Å²) in [6.07, 6.45) is 19.1. The fourth-order valence-electron chi connectivity index (χ4n) is 4.40. The smallest absolute Gasteiger partial charge is 0.0199 e. The molecule has 20 heavy (non-hydrogen) atoms. The van der Waals surface area contributed by atoms with Gasteiger partial charge in [0.05, 0.1) is 0 Å². The quantitative estimate of drug-likeness (QED) is 0.577. The second kappa shape index (κ2) is 7.79. The standard InChI is InChI=1S/C18H36N2/c1-2-3-4-5-6-7-8-9-15-20-18-12-10-11-17(19,16-18)13-14-18/h20H,2-16,19H2,1H3. The zero-order valence-electron chi connectivity index (χ0n) is 13.7. The predicted octanol–water partition coefficient (Wildman–Crippen LogP) is 4.52. The number of unbranched alkanes of at least 4 members (excludes halogenated alkanes) is 7. The van der Waals surface area contributed by atoms with Gasteiger partial charge in [-0.3, -0.25) is 0 Å². The molecule has 2 saturated carbocycles. The summed E-state index contributed by atoms with van der Waals surface area (Å²) in [4.78, 5) is 0. The number of nitrogens with two attached hydrogens (primary N) is 1. The molecule has 2 aliphatic carbocycles. The lowest BCUT2D eigenvalue weighted by Gasteiger charge is -2.38. The topological polar surface area (TPSA) is 38.0 Å². The molecular weight excluding hydrogens is 244 g/mol. The highest BCUT2D eigenvalue weighted by Crippen LogP contribution is 2.46. The Morgan fingerprint density at radius 2 is 1.55 bits per heavy atom. The van der Waals surface area contributed by atoms with Crippen molar-refractivity contribution < 1.29 is 0 Å². The summed E-state index contributed by atoms with van der Waals surface area (Å²) in [6, 6.07) is 0. The fraction of sp³-hybridized carbons (Fsp3) is 1.00. The summed E-state index contributed by atoms with van der Waals surface area (Å²) < 4.78 is 0. The first-order valence-electron chi connectivity index (χ1n) is 9.22. The van der Waals surface area contributed by atoms with Gasteiger partial charge in [0.2, 0.25) is 0 Å². The second-order valence-electron chi connectivity index (χ2n) is 7.57. The van der Waals surface area contributed by atoms with E-state index in [1.54, 1.807) is 0 Å². The second-order valence-corrected chi connectivity index (χ2v) is 7.57. The van der Waals surface area contributed by atoms with Gasteiger partial charge in [0.25, 0.3) is 0 Å². The molecule has 0 radical (unpaired) electrons. The highest BCUT2D eigenvalue weighted by molar-refractivity contribution is 5.09. The van der Waals surface area contributed by atoms with E-state index in [0.717, 1.165) is 0 Å². The fourth-order valence-corrected chi connectivity index (χ4v) is 4.40. The van der Waals surface area contributed by atoms with Gasteiger partial charge in [-0.1, -0.05) is 51.9 Å². The lowest BCUT2D eigenvalue weighted by Crippen LogP contribution is -2.50. The van der Waals surface area contributed by atoms with Gasteiger partial charge >= 0.3 is 0 Å². The molecule has 2 bridgehead atoms. The van der Waals surface area contributed by atoms with Gasteiger partial charge in [0, 0.05) is 11.1 Å². The Balaban J connectivity index is 1.49. The molecule has 3 N–H and O–H groups in total. The zero-order valence-corrected chi connectivity index (χ0v) is 13.7. The Hall–Kier alpha value is -0.0800. The molecule has 2 nitrogen and oxygen atoms in total. The average Bonchev–Trinajstić information content (AvgIpc) is 2.67. The first-order valence-corrected chi connectivity index (χ1v) is 9.22. The van der Waals surface area contributed by atoms with Crippen LogP contribution >= 0.6 is 0 Å². The molecule has 0 aromatic rings. The van der Waals surface area contributed by atoms with Crippen molar-refractivity contribution in [1.82, 2.24) is 5.32 Å². The van der Waals surface area contributed by atoms with Crippen LogP contribution in [0.4, 0.5) is 0 Å². The molecule has 118 valence electrons. The molecule has 0 heterocycles. The van der Waals surface area contributed by atoms with Crippen molar-refractivity contribution in [3.63, 3.8) is 0 Å². The summed E-state index contributed by atoms with van der Waals surface area (Å²) >= 11 is 0. The largest absolute Gasteiger partial charge is 0.325 e. The van der Waals surface area contributed by atoms with E-state index in [4.69, 9.17) is 5.73 Å². The maximum atomic E-state index is 6.46. The molecular formula is C18H36N2. The van der Waals surface area contributed by atoms with Crippen LogP contribution in [-0.2, 0) is 0 Å². The first kappa shape index (κ1) is 16.3. The van der Waals surface area contributed by atoms with E-state index < -0.39 is 0 Å². The molecule has 0 amide bonds. The normalized spacial score (nSPS) is 32.7. The van der Waals surface area contributed by atoms with E-state index in [9.17, 15) is 0 Å². The molecule has 2 fully saturated rings. The molecule has 0 spiro atoms. The summed E-state index contributed by atoms with van der Waals surface area (Å²) in [5.74, 6) is 0. The average molecular weight is 280 g/mol. The number of nitrogens with one attached hydrogen (secondary N) is 1. The molecule has 2 heteroatoms. The lowest BCUT2D eigenvalue weighted by molar-refractivity contribution is 0.226. The third-order valence-corrected chi connectivity index (χ3v) is 5.65.